The van der Waals surface area contributed by atoms with Crippen LogP contribution < -0.4 is 0 Å². The maximum atomic E-state index is 11.3. The minimum Gasteiger partial charge on any atom is -0.504 e. The number of rotatable bonds is 1. The maximum absolute atomic E-state index is 11.3. The second kappa shape index (κ2) is 3.55. The minimum atomic E-state index is -0.450. The van der Waals surface area contributed by atoms with E-state index in [-0.39, 0.29) is 16.6 Å². The Bertz CT molecular complexity index is 422. The number of hydrogen-bond donors (Lipinski definition) is 1. The number of carbonyl (C=O) groups is 1. The van der Waals surface area contributed by atoms with E-state index >= 15 is 0 Å². The van der Waals surface area contributed by atoms with Crippen molar-refractivity contribution in [3.05, 3.63) is 44.2 Å². The predicted octanol–water partition coefficient (Wildman–Crippen LogP) is 2.97. The van der Waals surface area contributed by atoms with Crippen LogP contribution in [0.25, 0.3) is 0 Å². The Balaban J connectivity index is 2.36. The average molecular weight is 321 g/mol. The van der Waals surface area contributed by atoms with Gasteiger partial charge in [0.25, 0.3) is 0 Å². The van der Waals surface area contributed by atoms with E-state index in [0.29, 0.717) is 0 Å². The molecule has 1 aliphatic rings. The Hall–Kier alpha value is -0.550. The van der Waals surface area contributed by atoms with Crippen LogP contribution in [0.5, 0.6) is 0 Å². The van der Waals surface area contributed by atoms with Crippen molar-refractivity contribution < 1.29 is 9.90 Å². The van der Waals surface area contributed by atoms with Gasteiger partial charge in [-0.05, 0) is 40.3 Å². The monoisotopic (exact) mass is 320 g/mol. The van der Waals surface area contributed by atoms with Crippen molar-refractivity contribution in [1.82, 2.24) is 0 Å². The largest absolute Gasteiger partial charge is 0.504 e. The molecule has 0 radical (unpaired) electrons. The molecule has 0 amide bonds. The molecule has 2 nitrogen and oxygen atoms in total. The minimum absolute atomic E-state index is 0.246. The van der Waals surface area contributed by atoms with E-state index in [4.69, 9.17) is 16.7 Å². The van der Waals surface area contributed by atoms with Crippen molar-refractivity contribution in [2.24, 2.45) is 0 Å². The molecule has 1 N–H and O–H groups in total. The van der Waals surface area contributed by atoms with E-state index in [0.717, 1.165) is 9.13 Å². The maximum Gasteiger partial charge on any atom is 0.211 e. The average Bonchev–Trinajstić information content (AvgIpc) is 2.21. The van der Waals surface area contributed by atoms with Gasteiger partial charge in [0, 0.05) is 3.57 Å². The molecule has 0 aromatic heterocycles. The van der Waals surface area contributed by atoms with Crippen LogP contribution in [0.15, 0.2) is 35.1 Å². The molecule has 1 aliphatic carbocycles. The zero-order valence-electron chi connectivity index (χ0n) is 7.00. The summed E-state index contributed by atoms with van der Waals surface area (Å²) in [6, 6.07) is 7.50. The molecule has 0 saturated heterocycles. The Kier molecular flexibility index (Phi) is 2.53. The van der Waals surface area contributed by atoms with Crippen LogP contribution in [-0.4, -0.2) is 10.9 Å². The third kappa shape index (κ3) is 1.44. The highest BCUT2D eigenvalue weighted by Crippen LogP contribution is 2.40. The summed E-state index contributed by atoms with van der Waals surface area (Å²) in [5, 5.41) is 9.31. The van der Waals surface area contributed by atoms with Crippen molar-refractivity contribution in [2.75, 3.05) is 0 Å². The van der Waals surface area contributed by atoms with Crippen LogP contribution in [0.2, 0.25) is 0 Å². The predicted molar refractivity (Wildman–Crippen MR) is 62.4 cm³/mol. The number of hydrogen-bond acceptors (Lipinski definition) is 2. The van der Waals surface area contributed by atoms with Gasteiger partial charge in [0.05, 0.1) is 11.0 Å². The zero-order chi connectivity index (χ0) is 10.3. The number of ketones is 1. The number of benzene rings is 1. The Morgan fingerprint density at radius 1 is 1.29 bits per heavy atom. The Labute approximate surface area is 99.7 Å². The summed E-state index contributed by atoms with van der Waals surface area (Å²) < 4.78 is 1.10. The lowest BCUT2D eigenvalue weighted by Gasteiger charge is -2.24. The van der Waals surface area contributed by atoms with Crippen LogP contribution in [0, 0.1) is 3.57 Å². The van der Waals surface area contributed by atoms with Gasteiger partial charge in [0.15, 0.2) is 5.76 Å². The van der Waals surface area contributed by atoms with Crippen LogP contribution in [0.4, 0.5) is 0 Å². The highest BCUT2D eigenvalue weighted by molar-refractivity contribution is 14.1. The van der Waals surface area contributed by atoms with Crippen LogP contribution in [-0.2, 0) is 4.79 Å². The first-order valence-corrected chi connectivity index (χ1v) is 5.45. The second-order valence-electron chi connectivity index (χ2n) is 3.05. The van der Waals surface area contributed by atoms with Crippen molar-refractivity contribution >= 4 is 40.0 Å². The number of aliphatic hydroxyl groups excluding tert-OH is 1. The number of aliphatic hydroxyl groups is 1. The van der Waals surface area contributed by atoms with Crippen molar-refractivity contribution in [1.29, 1.82) is 0 Å². The number of allylic oxidation sites excluding steroid dienone is 2. The molecule has 2 rings (SSSR count). The number of Topliss-reactive ketones (excluding diaryl/α,β-unsaturated/α-hetero) is 1. The van der Waals surface area contributed by atoms with Crippen LogP contribution >= 0.6 is 34.2 Å². The lowest BCUT2D eigenvalue weighted by atomic mass is 9.84. The molecule has 0 bridgehead atoms. The third-order valence-electron chi connectivity index (χ3n) is 2.18. The standard InChI is InChI=1S/C10H6ClIO2/c11-8-7(9(13)10(8)14)5-1-3-6(12)4-2-5/h1-4,7,14H. The normalized spacial score (nSPS) is 21.0. The summed E-state index contributed by atoms with van der Waals surface area (Å²) in [5.41, 5.74) is 0.832. The van der Waals surface area contributed by atoms with Crippen LogP contribution in [0.3, 0.4) is 0 Å². The SMILES string of the molecule is O=C1C(O)=C(Cl)C1c1ccc(I)cc1. The molecule has 1 aromatic carbocycles. The summed E-state index contributed by atoms with van der Waals surface area (Å²) in [6.07, 6.45) is 0. The highest BCUT2D eigenvalue weighted by atomic mass is 127. The van der Waals surface area contributed by atoms with Gasteiger partial charge in [-0.2, -0.15) is 0 Å². The molecule has 0 heterocycles. The number of carbonyl (C=O) groups excluding carboxylic acids is 1. The van der Waals surface area contributed by atoms with Gasteiger partial charge in [-0.25, -0.2) is 0 Å². The second-order valence-corrected chi connectivity index (χ2v) is 4.70. The molecule has 1 aromatic rings. The van der Waals surface area contributed by atoms with E-state index < -0.39 is 5.92 Å². The smallest absolute Gasteiger partial charge is 0.211 e. The van der Waals surface area contributed by atoms with Gasteiger partial charge in [-0.1, -0.05) is 23.7 Å². The highest BCUT2D eigenvalue weighted by Gasteiger charge is 2.39. The van der Waals surface area contributed by atoms with Gasteiger partial charge in [-0.15, -0.1) is 0 Å². The van der Waals surface area contributed by atoms with E-state index in [1.807, 2.05) is 24.3 Å². The topological polar surface area (TPSA) is 37.3 Å². The first-order valence-electron chi connectivity index (χ1n) is 3.99. The molecular formula is C10H6ClIO2. The summed E-state index contributed by atoms with van der Waals surface area (Å²) in [4.78, 5) is 11.3. The Morgan fingerprint density at radius 3 is 2.36 bits per heavy atom. The molecule has 1 atom stereocenters. The van der Waals surface area contributed by atoms with Crippen molar-refractivity contribution in [2.45, 2.75) is 5.92 Å². The van der Waals surface area contributed by atoms with Gasteiger partial charge in [0.1, 0.15) is 0 Å². The van der Waals surface area contributed by atoms with Gasteiger partial charge < -0.3 is 5.11 Å². The fourth-order valence-electron chi connectivity index (χ4n) is 1.38. The molecule has 1 unspecified atom stereocenters. The molecule has 0 aliphatic heterocycles. The quantitative estimate of drug-likeness (QED) is 0.808. The Morgan fingerprint density at radius 2 is 1.86 bits per heavy atom. The van der Waals surface area contributed by atoms with E-state index in [1.54, 1.807) is 0 Å². The molecular weight excluding hydrogens is 314 g/mol. The first-order chi connectivity index (χ1) is 6.61. The molecule has 0 saturated carbocycles. The molecule has 4 heteroatoms. The lowest BCUT2D eigenvalue weighted by molar-refractivity contribution is -0.120. The molecule has 0 fully saturated rings. The lowest BCUT2D eigenvalue weighted by Crippen LogP contribution is -2.26. The van der Waals surface area contributed by atoms with E-state index in [1.165, 1.54) is 0 Å². The van der Waals surface area contributed by atoms with E-state index in [2.05, 4.69) is 22.6 Å². The van der Waals surface area contributed by atoms with Crippen LogP contribution in [0.1, 0.15) is 11.5 Å². The van der Waals surface area contributed by atoms with Gasteiger partial charge >= 0.3 is 0 Å². The summed E-state index contributed by atoms with van der Waals surface area (Å²) in [5.74, 6) is -1.04. The van der Waals surface area contributed by atoms with Gasteiger partial charge in [-0.3, -0.25) is 4.79 Å². The van der Waals surface area contributed by atoms with Crippen molar-refractivity contribution in [3.63, 3.8) is 0 Å². The number of halogens is 2. The third-order valence-corrected chi connectivity index (χ3v) is 3.29. The van der Waals surface area contributed by atoms with Gasteiger partial charge in [0.2, 0.25) is 5.78 Å². The summed E-state index contributed by atoms with van der Waals surface area (Å²) in [6.45, 7) is 0. The molecule has 14 heavy (non-hydrogen) atoms. The fourth-order valence-corrected chi connectivity index (χ4v) is 2.06. The molecule has 0 spiro atoms. The zero-order valence-corrected chi connectivity index (χ0v) is 9.91. The fraction of sp³-hybridized carbons (Fsp3) is 0.100. The molecule has 72 valence electrons. The first kappa shape index (κ1) is 9.98. The van der Waals surface area contributed by atoms with E-state index in [9.17, 15) is 4.79 Å². The summed E-state index contributed by atoms with van der Waals surface area (Å²) >= 11 is 7.93. The summed E-state index contributed by atoms with van der Waals surface area (Å²) in [7, 11) is 0. The van der Waals surface area contributed by atoms with Crippen molar-refractivity contribution in [3.8, 4) is 0 Å².